The standard InChI is InChI=1S/C17H23N5O2/c1-3-24-16-8-7-13(12-18-16)20-17(23)22-11-5-4-6-15(22)14-9-10-19-21(14)2/h7-10,12,15H,3-6,11H2,1-2H3,(H,20,23)/t15-/m0/s1. The van der Waals surface area contributed by atoms with E-state index in [-0.39, 0.29) is 12.1 Å². The maximum atomic E-state index is 12.7. The lowest BCUT2D eigenvalue weighted by Crippen LogP contribution is -2.41. The van der Waals surface area contributed by atoms with Crippen LogP contribution in [0, 0.1) is 0 Å². The summed E-state index contributed by atoms with van der Waals surface area (Å²) in [7, 11) is 1.91. The van der Waals surface area contributed by atoms with E-state index in [9.17, 15) is 4.79 Å². The van der Waals surface area contributed by atoms with Crippen LogP contribution in [0.25, 0.3) is 0 Å². The molecule has 0 aliphatic carbocycles. The van der Waals surface area contributed by atoms with Crippen LogP contribution >= 0.6 is 0 Å². The first-order valence-corrected chi connectivity index (χ1v) is 8.33. The van der Waals surface area contributed by atoms with E-state index in [2.05, 4.69) is 15.4 Å². The predicted molar refractivity (Wildman–Crippen MR) is 90.9 cm³/mol. The van der Waals surface area contributed by atoms with Crippen molar-refractivity contribution in [3.63, 3.8) is 0 Å². The summed E-state index contributed by atoms with van der Waals surface area (Å²) in [5.74, 6) is 0.557. The van der Waals surface area contributed by atoms with Crippen LogP contribution in [0.15, 0.2) is 30.6 Å². The molecule has 1 N–H and O–H groups in total. The molecule has 2 aromatic heterocycles. The van der Waals surface area contributed by atoms with Gasteiger partial charge in [0.15, 0.2) is 0 Å². The van der Waals surface area contributed by atoms with Crippen LogP contribution in [0.3, 0.4) is 0 Å². The average molecular weight is 329 g/mol. The molecule has 0 unspecified atom stereocenters. The van der Waals surface area contributed by atoms with Gasteiger partial charge in [-0.1, -0.05) is 0 Å². The largest absolute Gasteiger partial charge is 0.478 e. The molecule has 1 aliphatic rings. The molecule has 1 saturated heterocycles. The molecular formula is C17H23N5O2. The number of nitrogens with one attached hydrogen (secondary N) is 1. The minimum absolute atomic E-state index is 0.0573. The van der Waals surface area contributed by atoms with E-state index in [0.29, 0.717) is 18.2 Å². The molecule has 0 spiro atoms. The highest BCUT2D eigenvalue weighted by molar-refractivity contribution is 5.89. The highest BCUT2D eigenvalue weighted by Gasteiger charge is 2.29. The molecule has 7 heteroatoms. The first-order chi connectivity index (χ1) is 11.7. The van der Waals surface area contributed by atoms with Crippen LogP contribution in [0.2, 0.25) is 0 Å². The van der Waals surface area contributed by atoms with Crippen molar-refractivity contribution < 1.29 is 9.53 Å². The number of urea groups is 1. The zero-order chi connectivity index (χ0) is 16.9. The van der Waals surface area contributed by atoms with Gasteiger partial charge in [0.25, 0.3) is 0 Å². The molecule has 0 aromatic carbocycles. The Balaban J connectivity index is 1.71. The fraction of sp³-hybridized carbons (Fsp3) is 0.471. The number of likely N-dealkylation sites (tertiary alicyclic amines) is 1. The second-order valence-electron chi connectivity index (χ2n) is 5.83. The van der Waals surface area contributed by atoms with Gasteiger partial charge in [-0.3, -0.25) is 4.68 Å². The fourth-order valence-corrected chi connectivity index (χ4v) is 3.08. The molecule has 0 bridgehead atoms. The predicted octanol–water partition coefficient (Wildman–Crippen LogP) is 2.97. The average Bonchev–Trinajstić information content (AvgIpc) is 3.03. The van der Waals surface area contributed by atoms with Gasteiger partial charge in [0.1, 0.15) is 0 Å². The Kier molecular flexibility index (Phi) is 4.98. The van der Waals surface area contributed by atoms with Crippen molar-refractivity contribution in [1.82, 2.24) is 19.7 Å². The van der Waals surface area contributed by atoms with Gasteiger partial charge >= 0.3 is 6.03 Å². The van der Waals surface area contributed by atoms with Crippen molar-refractivity contribution in [2.75, 3.05) is 18.5 Å². The van der Waals surface area contributed by atoms with E-state index in [1.807, 2.05) is 29.6 Å². The number of anilines is 1. The third-order valence-electron chi connectivity index (χ3n) is 4.24. The molecule has 128 valence electrons. The number of pyridine rings is 1. The Hall–Kier alpha value is -2.57. The van der Waals surface area contributed by atoms with Crippen LogP contribution in [0.5, 0.6) is 5.88 Å². The number of amides is 2. The van der Waals surface area contributed by atoms with Crippen LogP contribution in [-0.2, 0) is 7.05 Å². The number of hydrogen-bond acceptors (Lipinski definition) is 4. The molecule has 1 aliphatic heterocycles. The first kappa shape index (κ1) is 16.3. The number of nitrogens with zero attached hydrogens (tertiary/aromatic N) is 4. The van der Waals surface area contributed by atoms with Crippen molar-refractivity contribution in [2.24, 2.45) is 7.05 Å². The molecular weight excluding hydrogens is 306 g/mol. The van der Waals surface area contributed by atoms with Crippen LogP contribution in [0.4, 0.5) is 10.5 Å². The number of ether oxygens (including phenoxy) is 1. The third kappa shape index (κ3) is 3.50. The topological polar surface area (TPSA) is 72.3 Å². The molecule has 0 radical (unpaired) electrons. The van der Waals surface area contributed by atoms with Crippen LogP contribution < -0.4 is 10.1 Å². The number of piperidine rings is 1. The zero-order valence-corrected chi connectivity index (χ0v) is 14.1. The maximum absolute atomic E-state index is 12.7. The van der Waals surface area contributed by atoms with Crippen molar-refractivity contribution in [3.05, 3.63) is 36.3 Å². The van der Waals surface area contributed by atoms with Gasteiger partial charge in [-0.25, -0.2) is 9.78 Å². The normalized spacial score (nSPS) is 17.6. The van der Waals surface area contributed by atoms with Crippen molar-refractivity contribution in [3.8, 4) is 5.88 Å². The SMILES string of the molecule is CCOc1ccc(NC(=O)N2CCCC[C@H]2c2ccnn2C)cn1. The number of carbonyl (C=O) groups is 1. The molecule has 1 fully saturated rings. The summed E-state index contributed by atoms with van der Waals surface area (Å²) < 4.78 is 7.16. The molecule has 7 nitrogen and oxygen atoms in total. The van der Waals surface area contributed by atoms with Crippen molar-refractivity contribution >= 4 is 11.7 Å². The number of carbonyl (C=O) groups excluding carboxylic acids is 1. The quantitative estimate of drug-likeness (QED) is 0.936. The van der Waals surface area contributed by atoms with E-state index < -0.39 is 0 Å². The number of aryl methyl sites for hydroxylation is 1. The van der Waals surface area contributed by atoms with E-state index >= 15 is 0 Å². The lowest BCUT2D eigenvalue weighted by Gasteiger charge is -2.35. The Morgan fingerprint density at radius 1 is 1.38 bits per heavy atom. The molecule has 3 heterocycles. The number of aromatic nitrogens is 3. The summed E-state index contributed by atoms with van der Waals surface area (Å²) in [5.41, 5.74) is 1.73. The zero-order valence-electron chi connectivity index (χ0n) is 14.1. The minimum atomic E-state index is -0.105. The summed E-state index contributed by atoms with van der Waals surface area (Å²) in [6.07, 6.45) is 6.48. The van der Waals surface area contributed by atoms with Gasteiger partial charge in [-0.15, -0.1) is 0 Å². The first-order valence-electron chi connectivity index (χ1n) is 8.33. The summed E-state index contributed by atoms with van der Waals surface area (Å²) >= 11 is 0. The molecule has 2 amide bonds. The van der Waals surface area contributed by atoms with E-state index in [1.54, 1.807) is 24.5 Å². The smallest absolute Gasteiger partial charge is 0.322 e. The Morgan fingerprint density at radius 2 is 2.25 bits per heavy atom. The molecule has 3 rings (SSSR count). The fourth-order valence-electron chi connectivity index (χ4n) is 3.08. The van der Waals surface area contributed by atoms with Gasteiger partial charge in [0, 0.05) is 25.9 Å². The van der Waals surface area contributed by atoms with E-state index in [1.165, 1.54) is 0 Å². The van der Waals surface area contributed by atoms with Crippen LogP contribution in [0.1, 0.15) is 37.9 Å². The Morgan fingerprint density at radius 3 is 2.92 bits per heavy atom. The summed E-state index contributed by atoms with van der Waals surface area (Å²) in [6, 6.07) is 5.50. The lowest BCUT2D eigenvalue weighted by atomic mass is 10.00. The Bertz CT molecular complexity index is 683. The Labute approximate surface area is 141 Å². The second kappa shape index (κ2) is 7.33. The van der Waals surface area contributed by atoms with Gasteiger partial charge < -0.3 is 15.0 Å². The summed E-state index contributed by atoms with van der Waals surface area (Å²) in [6.45, 7) is 3.22. The maximum Gasteiger partial charge on any atom is 0.322 e. The number of rotatable bonds is 4. The second-order valence-corrected chi connectivity index (χ2v) is 5.83. The molecule has 24 heavy (non-hydrogen) atoms. The van der Waals surface area contributed by atoms with Gasteiger partial charge in [-0.05, 0) is 38.3 Å². The van der Waals surface area contributed by atoms with E-state index in [0.717, 1.165) is 31.5 Å². The van der Waals surface area contributed by atoms with Gasteiger partial charge in [0.05, 0.1) is 30.2 Å². The third-order valence-corrected chi connectivity index (χ3v) is 4.24. The van der Waals surface area contributed by atoms with Crippen LogP contribution in [-0.4, -0.2) is 38.8 Å². The van der Waals surface area contributed by atoms with Gasteiger partial charge in [0.2, 0.25) is 5.88 Å². The van der Waals surface area contributed by atoms with Gasteiger partial charge in [-0.2, -0.15) is 5.10 Å². The monoisotopic (exact) mass is 329 g/mol. The van der Waals surface area contributed by atoms with Crippen molar-refractivity contribution in [2.45, 2.75) is 32.2 Å². The number of hydrogen-bond donors (Lipinski definition) is 1. The molecule has 1 atom stereocenters. The summed E-state index contributed by atoms with van der Waals surface area (Å²) in [4.78, 5) is 18.8. The summed E-state index contributed by atoms with van der Waals surface area (Å²) in [5, 5.41) is 7.16. The minimum Gasteiger partial charge on any atom is -0.478 e. The lowest BCUT2D eigenvalue weighted by molar-refractivity contribution is 0.159. The van der Waals surface area contributed by atoms with E-state index in [4.69, 9.17) is 4.74 Å². The van der Waals surface area contributed by atoms with Crippen molar-refractivity contribution in [1.29, 1.82) is 0 Å². The highest BCUT2D eigenvalue weighted by Crippen LogP contribution is 2.31. The highest BCUT2D eigenvalue weighted by atomic mass is 16.5. The molecule has 2 aromatic rings. The molecule has 0 saturated carbocycles.